The normalized spacial score (nSPS) is 10.8. The van der Waals surface area contributed by atoms with Crippen LogP contribution in [0.4, 0.5) is 5.82 Å². The monoisotopic (exact) mass is 255 g/mol. The Balaban J connectivity index is 1.81. The van der Waals surface area contributed by atoms with E-state index in [0.717, 1.165) is 11.3 Å². The van der Waals surface area contributed by atoms with Crippen LogP contribution in [0.5, 0.6) is 0 Å². The van der Waals surface area contributed by atoms with Gasteiger partial charge in [-0.1, -0.05) is 40.2 Å². The number of anilines is 1. The zero-order valence-corrected chi connectivity index (χ0v) is 10.4. The molecule has 6 heteroatoms. The van der Waals surface area contributed by atoms with E-state index < -0.39 is 0 Å². The molecule has 0 amide bonds. The van der Waals surface area contributed by atoms with E-state index in [4.69, 9.17) is 10.3 Å². The molecule has 0 aliphatic heterocycles. The van der Waals surface area contributed by atoms with E-state index in [1.165, 1.54) is 5.56 Å². The summed E-state index contributed by atoms with van der Waals surface area (Å²) in [5.74, 6) is 1.10. The molecule has 0 radical (unpaired) electrons. The number of nitrogens with two attached hydrogens (primary N) is 1. The minimum Gasteiger partial charge on any atom is -0.381 e. The van der Waals surface area contributed by atoms with E-state index in [-0.39, 0.29) is 0 Å². The van der Waals surface area contributed by atoms with Crippen molar-refractivity contribution >= 4 is 5.82 Å². The van der Waals surface area contributed by atoms with Gasteiger partial charge in [-0.3, -0.25) is 0 Å². The van der Waals surface area contributed by atoms with Crippen molar-refractivity contribution < 1.29 is 4.52 Å². The smallest absolute Gasteiger partial charge is 0.165 e. The first-order chi connectivity index (χ1) is 9.20. The van der Waals surface area contributed by atoms with Gasteiger partial charge >= 0.3 is 0 Å². The first-order valence-electron chi connectivity index (χ1n) is 5.89. The van der Waals surface area contributed by atoms with Gasteiger partial charge in [0.25, 0.3) is 0 Å². The zero-order chi connectivity index (χ0) is 13.2. The summed E-state index contributed by atoms with van der Waals surface area (Å²) in [5, 5.41) is 11.6. The molecule has 0 aliphatic rings. The fourth-order valence-corrected chi connectivity index (χ4v) is 1.80. The highest BCUT2D eigenvalue weighted by atomic mass is 16.5. The molecule has 96 valence electrons. The second-order valence-electron chi connectivity index (χ2n) is 4.39. The van der Waals surface area contributed by atoms with Gasteiger partial charge in [-0.05, 0) is 6.92 Å². The van der Waals surface area contributed by atoms with E-state index in [0.29, 0.717) is 18.1 Å². The fraction of sp³-hybridized carbons (Fsp3) is 0.154. The van der Waals surface area contributed by atoms with Gasteiger partial charge in [-0.2, -0.15) is 0 Å². The number of benzene rings is 1. The number of hydrogen-bond acceptors (Lipinski definition) is 5. The Morgan fingerprint density at radius 1 is 1.26 bits per heavy atom. The Kier molecular flexibility index (Phi) is 2.75. The number of rotatable bonds is 3. The topological polar surface area (TPSA) is 82.8 Å². The van der Waals surface area contributed by atoms with Gasteiger partial charge in [0.15, 0.2) is 11.6 Å². The van der Waals surface area contributed by atoms with Crippen LogP contribution in [-0.2, 0) is 6.54 Å². The van der Waals surface area contributed by atoms with Crippen LogP contribution < -0.4 is 5.73 Å². The summed E-state index contributed by atoms with van der Waals surface area (Å²) in [6.07, 6.45) is 1.65. The van der Waals surface area contributed by atoms with E-state index in [1.807, 2.05) is 37.3 Å². The van der Waals surface area contributed by atoms with Gasteiger partial charge < -0.3 is 10.3 Å². The van der Waals surface area contributed by atoms with Crippen LogP contribution in [0.3, 0.4) is 0 Å². The fourth-order valence-electron chi connectivity index (χ4n) is 1.80. The summed E-state index contributed by atoms with van der Waals surface area (Å²) in [6, 6.07) is 10.0. The van der Waals surface area contributed by atoms with Crippen LogP contribution in [-0.4, -0.2) is 20.2 Å². The van der Waals surface area contributed by atoms with Crippen LogP contribution in [0.2, 0.25) is 0 Å². The summed E-state index contributed by atoms with van der Waals surface area (Å²) >= 11 is 0. The van der Waals surface area contributed by atoms with Gasteiger partial charge in [0, 0.05) is 11.6 Å². The molecule has 3 rings (SSSR count). The molecule has 6 nitrogen and oxygen atoms in total. The summed E-state index contributed by atoms with van der Waals surface area (Å²) in [7, 11) is 0. The molecular weight excluding hydrogens is 242 g/mol. The van der Waals surface area contributed by atoms with Crippen LogP contribution in [0.1, 0.15) is 11.3 Å². The molecule has 0 unspecified atom stereocenters. The lowest BCUT2D eigenvalue weighted by molar-refractivity contribution is 0.372. The second-order valence-corrected chi connectivity index (χ2v) is 4.39. The van der Waals surface area contributed by atoms with Gasteiger partial charge in [0.1, 0.15) is 12.2 Å². The molecular formula is C13H13N5O. The van der Waals surface area contributed by atoms with Crippen molar-refractivity contribution in [2.24, 2.45) is 0 Å². The molecule has 19 heavy (non-hydrogen) atoms. The number of aryl methyl sites for hydroxylation is 1. The number of aromatic nitrogens is 4. The van der Waals surface area contributed by atoms with Gasteiger partial charge in [0.05, 0.1) is 6.20 Å². The van der Waals surface area contributed by atoms with Crippen molar-refractivity contribution in [1.29, 1.82) is 0 Å². The number of hydrogen-bond donors (Lipinski definition) is 1. The summed E-state index contributed by atoms with van der Waals surface area (Å²) < 4.78 is 6.89. The molecule has 2 N–H and O–H groups in total. The summed E-state index contributed by atoms with van der Waals surface area (Å²) in [6.45, 7) is 2.51. The average Bonchev–Trinajstić information content (AvgIpc) is 3.00. The lowest BCUT2D eigenvalue weighted by Gasteiger charge is -1.95. The van der Waals surface area contributed by atoms with Crippen molar-refractivity contribution in [2.75, 3.05) is 5.73 Å². The lowest BCUT2D eigenvalue weighted by Crippen LogP contribution is -1.98. The predicted octanol–water partition coefficient (Wildman–Crippen LogP) is 1.87. The maximum atomic E-state index is 5.50. The Bertz CT molecular complexity index is 683. The molecule has 0 saturated carbocycles. The number of nitrogen functional groups attached to an aromatic ring is 1. The van der Waals surface area contributed by atoms with E-state index in [9.17, 15) is 0 Å². The van der Waals surface area contributed by atoms with Crippen LogP contribution >= 0.6 is 0 Å². The van der Waals surface area contributed by atoms with Crippen LogP contribution in [0, 0.1) is 6.92 Å². The van der Waals surface area contributed by atoms with Crippen molar-refractivity contribution in [3.8, 4) is 11.3 Å². The minimum atomic E-state index is 0.387. The molecule has 3 aromatic rings. The SMILES string of the molecule is Cc1ccc(-c2cc(Cn3cc(N)nn3)on2)cc1. The summed E-state index contributed by atoms with van der Waals surface area (Å²) in [5.41, 5.74) is 8.55. The Hall–Kier alpha value is -2.63. The first kappa shape index (κ1) is 11.5. The zero-order valence-electron chi connectivity index (χ0n) is 10.4. The Morgan fingerprint density at radius 2 is 2.05 bits per heavy atom. The third-order valence-corrected chi connectivity index (χ3v) is 2.78. The van der Waals surface area contributed by atoms with E-state index in [2.05, 4.69) is 15.5 Å². The van der Waals surface area contributed by atoms with Crippen molar-refractivity contribution in [1.82, 2.24) is 20.2 Å². The van der Waals surface area contributed by atoms with Gasteiger partial charge in [-0.15, -0.1) is 5.10 Å². The Morgan fingerprint density at radius 3 is 2.74 bits per heavy atom. The van der Waals surface area contributed by atoms with E-state index >= 15 is 0 Å². The molecule has 0 spiro atoms. The Labute approximate surface area is 109 Å². The molecule has 1 aromatic carbocycles. The molecule has 0 saturated heterocycles. The van der Waals surface area contributed by atoms with Crippen molar-refractivity contribution in [2.45, 2.75) is 13.5 Å². The molecule has 0 fully saturated rings. The quantitative estimate of drug-likeness (QED) is 0.772. The molecule has 2 heterocycles. The van der Waals surface area contributed by atoms with E-state index in [1.54, 1.807) is 10.9 Å². The van der Waals surface area contributed by atoms with Crippen LogP contribution in [0.15, 0.2) is 41.1 Å². The largest absolute Gasteiger partial charge is 0.381 e. The maximum Gasteiger partial charge on any atom is 0.165 e. The van der Waals surface area contributed by atoms with Crippen LogP contribution in [0.25, 0.3) is 11.3 Å². The molecule has 0 atom stereocenters. The predicted molar refractivity (Wildman–Crippen MR) is 70.2 cm³/mol. The van der Waals surface area contributed by atoms with Crippen molar-refractivity contribution in [3.05, 3.63) is 47.9 Å². The molecule has 0 aliphatic carbocycles. The average molecular weight is 255 g/mol. The minimum absolute atomic E-state index is 0.387. The highest BCUT2D eigenvalue weighted by molar-refractivity contribution is 5.59. The highest BCUT2D eigenvalue weighted by Crippen LogP contribution is 2.19. The maximum absolute atomic E-state index is 5.50. The van der Waals surface area contributed by atoms with Gasteiger partial charge in [0.2, 0.25) is 0 Å². The van der Waals surface area contributed by atoms with Gasteiger partial charge in [-0.25, -0.2) is 4.68 Å². The molecule has 0 bridgehead atoms. The highest BCUT2D eigenvalue weighted by Gasteiger charge is 2.07. The number of nitrogens with zero attached hydrogens (tertiary/aromatic N) is 4. The third kappa shape index (κ3) is 2.47. The third-order valence-electron chi connectivity index (χ3n) is 2.78. The molecule has 2 aromatic heterocycles. The second kappa shape index (κ2) is 4.56. The standard InChI is InChI=1S/C13H13N5O/c1-9-2-4-10(5-3-9)12-6-11(19-16-12)7-18-8-13(14)15-17-18/h2-6,8H,7,14H2,1H3. The van der Waals surface area contributed by atoms with Crippen molar-refractivity contribution in [3.63, 3.8) is 0 Å². The summed E-state index contributed by atoms with van der Waals surface area (Å²) in [4.78, 5) is 0. The lowest BCUT2D eigenvalue weighted by atomic mass is 10.1. The first-order valence-corrected chi connectivity index (χ1v) is 5.89.